The number of hydroxylamine groups is 1. The molecule has 0 spiro atoms. The first-order valence-corrected chi connectivity index (χ1v) is 7.00. The summed E-state index contributed by atoms with van der Waals surface area (Å²) < 4.78 is 0. The lowest BCUT2D eigenvalue weighted by Crippen LogP contribution is -2.18. The first-order chi connectivity index (χ1) is 10.8. The number of pyridine rings is 2. The molecule has 0 saturated carbocycles. The zero-order chi connectivity index (χ0) is 15.4. The second-order valence-corrected chi connectivity index (χ2v) is 4.95. The van der Waals surface area contributed by atoms with Crippen LogP contribution in [-0.2, 0) is 11.2 Å². The van der Waals surface area contributed by atoms with Crippen LogP contribution in [0.25, 0.3) is 22.2 Å². The predicted molar refractivity (Wildman–Crippen MR) is 83.2 cm³/mol. The van der Waals surface area contributed by atoms with E-state index in [9.17, 15) is 4.79 Å². The molecule has 2 heterocycles. The standard InChI is InChI=1S/C17H15N3O2/c21-17(20-22)6-5-13-11-16(12-7-9-18-10-8-12)19-15-4-2-1-3-14(13)15/h1-4,7-11,22H,5-6H2,(H,20,21). The summed E-state index contributed by atoms with van der Waals surface area (Å²) in [5.74, 6) is -0.397. The lowest BCUT2D eigenvalue weighted by molar-refractivity contribution is -0.129. The molecule has 5 heteroatoms. The van der Waals surface area contributed by atoms with Gasteiger partial charge in [-0.15, -0.1) is 0 Å². The minimum Gasteiger partial charge on any atom is -0.289 e. The third-order valence-corrected chi connectivity index (χ3v) is 3.52. The van der Waals surface area contributed by atoms with Gasteiger partial charge in [-0.1, -0.05) is 18.2 Å². The van der Waals surface area contributed by atoms with E-state index in [1.807, 2.05) is 42.5 Å². The van der Waals surface area contributed by atoms with Gasteiger partial charge >= 0.3 is 0 Å². The van der Waals surface area contributed by atoms with Crippen molar-refractivity contribution in [2.24, 2.45) is 0 Å². The number of aryl methyl sites for hydroxylation is 1. The molecule has 0 fully saturated rings. The molecule has 2 N–H and O–H groups in total. The molecular weight excluding hydrogens is 278 g/mol. The number of fused-ring (bicyclic) bond motifs is 1. The van der Waals surface area contributed by atoms with Crippen molar-refractivity contribution in [1.82, 2.24) is 15.4 Å². The van der Waals surface area contributed by atoms with Crippen LogP contribution in [0.4, 0.5) is 0 Å². The molecule has 3 rings (SSSR count). The van der Waals surface area contributed by atoms with Crippen molar-refractivity contribution < 1.29 is 10.0 Å². The molecule has 0 aliphatic heterocycles. The van der Waals surface area contributed by atoms with E-state index in [4.69, 9.17) is 5.21 Å². The number of rotatable bonds is 4. The summed E-state index contributed by atoms with van der Waals surface area (Å²) in [6.07, 6.45) is 4.21. The number of carbonyl (C=O) groups is 1. The van der Waals surface area contributed by atoms with Crippen LogP contribution in [0.5, 0.6) is 0 Å². The molecular formula is C17H15N3O2. The maximum absolute atomic E-state index is 11.3. The highest BCUT2D eigenvalue weighted by molar-refractivity contribution is 5.86. The lowest BCUT2D eigenvalue weighted by atomic mass is 10.0. The Balaban J connectivity index is 2.06. The van der Waals surface area contributed by atoms with Crippen LogP contribution in [0, 0.1) is 0 Å². The van der Waals surface area contributed by atoms with Crippen LogP contribution in [-0.4, -0.2) is 21.1 Å². The van der Waals surface area contributed by atoms with Gasteiger partial charge in [0.05, 0.1) is 11.2 Å². The van der Waals surface area contributed by atoms with Crippen LogP contribution < -0.4 is 5.48 Å². The van der Waals surface area contributed by atoms with Crippen molar-refractivity contribution in [1.29, 1.82) is 0 Å². The molecule has 0 aliphatic rings. The molecule has 22 heavy (non-hydrogen) atoms. The molecule has 1 aromatic carbocycles. The number of para-hydroxylation sites is 1. The number of benzene rings is 1. The number of carbonyl (C=O) groups excluding carboxylic acids is 1. The Morgan fingerprint density at radius 1 is 1.14 bits per heavy atom. The first kappa shape index (κ1) is 14.2. The van der Waals surface area contributed by atoms with Crippen molar-refractivity contribution in [3.8, 4) is 11.3 Å². The zero-order valence-corrected chi connectivity index (χ0v) is 11.9. The van der Waals surface area contributed by atoms with E-state index in [2.05, 4.69) is 9.97 Å². The van der Waals surface area contributed by atoms with Gasteiger partial charge in [0.25, 0.3) is 0 Å². The molecule has 0 radical (unpaired) electrons. The van der Waals surface area contributed by atoms with Gasteiger partial charge in [-0.2, -0.15) is 0 Å². The summed E-state index contributed by atoms with van der Waals surface area (Å²) in [4.78, 5) is 20.0. The normalized spacial score (nSPS) is 10.6. The topological polar surface area (TPSA) is 75.1 Å². The Labute approximate surface area is 127 Å². The fourth-order valence-electron chi connectivity index (χ4n) is 2.43. The minimum absolute atomic E-state index is 0.223. The maximum Gasteiger partial charge on any atom is 0.243 e. The smallest absolute Gasteiger partial charge is 0.243 e. The number of nitrogens with zero attached hydrogens (tertiary/aromatic N) is 2. The highest BCUT2D eigenvalue weighted by Gasteiger charge is 2.09. The molecule has 2 aromatic heterocycles. The van der Waals surface area contributed by atoms with Gasteiger partial charge in [0.1, 0.15) is 0 Å². The van der Waals surface area contributed by atoms with Gasteiger partial charge in [-0.3, -0.25) is 15.0 Å². The second-order valence-electron chi connectivity index (χ2n) is 4.95. The Morgan fingerprint density at radius 3 is 2.68 bits per heavy atom. The SMILES string of the molecule is O=C(CCc1cc(-c2ccncc2)nc2ccccc12)NO. The third kappa shape index (κ3) is 2.94. The summed E-state index contributed by atoms with van der Waals surface area (Å²) in [6, 6.07) is 13.6. The van der Waals surface area contributed by atoms with E-state index < -0.39 is 5.91 Å². The zero-order valence-electron chi connectivity index (χ0n) is 11.9. The second kappa shape index (κ2) is 6.32. The highest BCUT2D eigenvalue weighted by atomic mass is 16.5. The number of amides is 1. The number of nitrogens with one attached hydrogen (secondary N) is 1. The summed E-state index contributed by atoms with van der Waals surface area (Å²) in [7, 11) is 0. The third-order valence-electron chi connectivity index (χ3n) is 3.52. The number of hydrogen-bond donors (Lipinski definition) is 2. The van der Waals surface area contributed by atoms with Crippen LogP contribution in [0.1, 0.15) is 12.0 Å². The highest BCUT2D eigenvalue weighted by Crippen LogP contribution is 2.25. The molecule has 110 valence electrons. The Kier molecular flexibility index (Phi) is 4.07. The van der Waals surface area contributed by atoms with Crippen molar-refractivity contribution >= 4 is 16.8 Å². The number of aromatic nitrogens is 2. The predicted octanol–water partition coefficient (Wildman–Crippen LogP) is 2.73. The van der Waals surface area contributed by atoms with Crippen LogP contribution in [0.15, 0.2) is 54.9 Å². The molecule has 0 aliphatic carbocycles. The van der Waals surface area contributed by atoms with E-state index in [0.29, 0.717) is 6.42 Å². The molecule has 0 bridgehead atoms. The van der Waals surface area contributed by atoms with Crippen LogP contribution in [0.3, 0.4) is 0 Å². The van der Waals surface area contributed by atoms with Crippen molar-refractivity contribution in [3.63, 3.8) is 0 Å². The summed E-state index contributed by atoms with van der Waals surface area (Å²) in [5.41, 5.74) is 5.41. The van der Waals surface area contributed by atoms with Crippen LogP contribution in [0.2, 0.25) is 0 Å². The minimum atomic E-state index is -0.397. The van der Waals surface area contributed by atoms with Gasteiger partial charge in [0.2, 0.25) is 5.91 Å². The Bertz CT molecular complexity index is 803. The van der Waals surface area contributed by atoms with Crippen LogP contribution >= 0.6 is 0 Å². The van der Waals surface area contributed by atoms with Gasteiger partial charge < -0.3 is 0 Å². The van der Waals surface area contributed by atoms with Crippen molar-refractivity contribution in [3.05, 3.63) is 60.4 Å². The summed E-state index contributed by atoms with van der Waals surface area (Å²) >= 11 is 0. The quantitative estimate of drug-likeness (QED) is 0.573. The average molecular weight is 293 g/mol. The largest absolute Gasteiger partial charge is 0.289 e. The van der Waals surface area contributed by atoms with Gasteiger partial charge in [-0.05, 0) is 36.2 Å². The van der Waals surface area contributed by atoms with Crippen molar-refractivity contribution in [2.45, 2.75) is 12.8 Å². The fourth-order valence-corrected chi connectivity index (χ4v) is 2.43. The van der Waals surface area contributed by atoms with E-state index in [0.717, 1.165) is 27.7 Å². The molecule has 1 amide bonds. The Morgan fingerprint density at radius 2 is 1.91 bits per heavy atom. The van der Waals surface area contributed by atoms with E-state index in [1.54, 1.807) is 17.9 Å². The molecule has 0 atom stereocenters. The lowest BCUT2D eigenvalue weighted by Gasteiger charge is -2.09. The summed E-state index contributed by atoms with van der Waals surface area (Å²) in [6.45, 7) is 0. The van der Waals surface area contributed by atoms with Gasteiger partial charge in [0, 0.05) is 29.8 Å². The maximum atomic E-state index is 11.3. The van der Waals surface area contributed by atoms with Gasteiger partial charge in [0.15, 0.2) is 0 Å². The average Bonchev–Trinajstić information content (AvgIpc) is 2.59. The number of hydrogen-bond acceptors (Lipinski definition) is 4. The van der Waals surface area contributed by atoms with E-state index in [1.165, 1.54) is 0 Å². The molecule has 5 nitrogen and oxygen atoms in total. The van der Waals surface area contributed by atoms with E-state index >= 15 is 0 Å². The molecule has 3 aromatic rings. The first-order valence-electron chi connectivity index (χ1n) is 7.00. The van der Waals surface area contributed by atoms with E-state index in [-0.39, 0.29) is 6.42 Å². The summed E-state index contributed by atoms with van der Waals surface area (Å²) in [5, 5.41) is 9.66. The Hall–Kier alpha value is -2.79. The fraction of sp³-hybridized carbons (Fsp3) is 0.118. The van der Waals surface area contributed by atoms with Gasteiger partial charge in [-0.25, -0.2) is 10.5 Å². The monoisotopic (exact) mass is 293 g/mol. The molecule has 0 saturated heterocycles. The molecule has 0 unspecified atom stereocenters. The van der Waals surface area contributed by atoms with Crippen molar-refractivity contribution in [2.75, 3.05) is 0 Å².